The van der Waals surface area contributed by atoms with Gasteiger partial charge in [0.2, 0.25) is 0 Å². The number of rotatable bonds is 2. The SMILES string of the molecule is COC(=O)C(C)(C)c1cn(C)nn1. The van der Waals surface area contributed by atoms with Crippen molar-refractivity contribution in [3.63, 3.8) is 0 Å². The van der Waals surface area contributed by atoms with E-state index in [1.807, 2.05) is 0 Å². The van der Waals surface area contributed by atoms with E-state index < -0.39 is 5.41 Å². The van der Waals surface area contributed by atoms with Gasteiger partial charge in [-0.15, -0.1) is 5.10 Å². The van der Waals surface area contributed by atoms with E-state index in [0.717, 1.165) is 0 Å². The average molecular weight is 183 g/mol. The predicted octanol–water partition coefficient (Wildman–Crippen LogP) is 0.266. The van der Waals surface area contributed by atoms with E-state index in [9.17, 15) is 4.79 Å². The van der Waals surface area contributed by atoms with Gasteiger partial charge in [0.25, 0.3) is 0 Å². The predicted molar refractivity (Wildman–Crippen MR) is 46.0 cm³/mol. The largest absolute Gasteiger partial charge is 0.468 e. The number of methoxy groups -OCH3 is 1. The van der Waals surface area contributed by atoms with Crippen molar-refractivity contribution in [2.75, 3.05) is 7.11 Å². The maximum absolute atomic E-state index is 11.3. The van der Waals surface area contributed by atoms with Crippen LogP contribution in [0.5, 0.6) is 0 Å². The molecule has 0 unspecified atom stereocenters. The topological polar surface area (TPSA) is 57.0 Å². The molecular weight excluding hydrogens is 170 g/mol. The molecule has 1 heterocycles. The lowest BCUT2D eigenvalue weighted by Crippen LogP contribution is -2.30. The van der Waals surface area contributed by atoms with Gasteiger partial charge in [0.15, 0.2) is 0 Å². The van der Waals surface area contributed by atoms with Crippen LogP contribution in [0.3, 0.4) is 0 Å². The third kappa shape index (κ3) is 1.68. The van der Waals surface area contributed by atoms with Crippen LogP contribution in [0.4, 0.5) is 0 Å². The summed E-state index contributed by atoms with van der Waals surface area (Å²) < 4.78 is 6.22. The van der Waals surface area contributed by atoms with Crippen molar-refractivity contribution in [2.24, 2.45) is 7.05 Å². The zero-order chi connectivity index (χ0) is 10.1. The standard InChI is InChI=1S/C8H13N3O2/c1-8(2,7(12)13-4)6-5-11(3)10-9-6/h5H,1-4H3. The van der Waals surface area contributed by atoms with Gasteiger partial charge in [-0.3, -0.25) is 9.48 Å². The second-order valence-electron chi connectivity index (χ2n) is 3.39. The number of esters is 1. The summed E-state index contributed by atoms with van der Waals surface area (Å²) in [4.78, 5) is 11.3. The summed E-state index contributed by atoms with van der Waals surface area (Å²) in [6.07, 6.45) is 1.71. The molecule has 0 aliphatic rings. The minimum absolute atomic E-state index is 0.312. The monoisotopic (exact) mass is 183 g/mol. The van der Waals surface area contributed by atoms with Crippen molar-refractivity contribution in [1.29, 1.82) is 0 Å². The second kappa shape index (κ2) is 3.16. The van der Waals surface area contributed by atoms with E-state index in [1.54, 1.807) is 31.8 Å². The van der Waals surface area contributed by atoms with Crippen LogP contribution in [0, 0.1) is 0 Å². The minimum atomic E-state index is -0.733. The Morgan fingerprint density at radius 3 is 2.62 bits per heavy atom. The summed E-state index contributed by atoms with van der Waals surface area (Å²) in [6.45, 7) is 3.51. The van der Waals surface area contributed by atoms with Crippen LogP contribution < -0.4 is 0 Å². The van der Waals surface area contributed by atoms with Crippen LogP contribution in [0.1, 0.15) is 19.5 Å². The first-order chi connectivity index (χ1) is 5.98. The molecule has 0 saturated carbocycles. The fraction of sp³-hybridized carbons (Fsp3) is 0.625. The fourth-order valence-corrected chi connectivity index (χ4v) is 0.993. The number of nitrogens with zero attached hydrogens (tertiary/aromatic N) is 3. The third-order valence-corrected chi connectivity index (χ3v) is 1.94. The molecule has 0 aliphatic carbocycles. The Balaban J connectivity index is 2.99. The molecule has 5 heteroatoms. The molecule has 0 spiro atoms. The number of hydrogen-bond donors (Lipinski definition) is 0. The lowest BCUT2D eigenvalue weighted by atomic mass is 9.90. The molecule has 1 aromatic rings. The summed E-state index contributed by atoms with van der Waals surface area (Å²) >= 11 is 0. The molecule has 5 nitrogen and oxygen atoms in total. The van der Waals surface area contributed by atoms with E-state index in [0.29, 0.717) is 5.69 Å². The van der Waals surface area contributed by atoms with Crippen LogP contribution in [-0.4, -0.2) is 28.1 Å². The summed E-state index contributed by atoms with van der Waals surface area (Å²) in [5.74, 6) is -0.312. The third-order valence-electron chi connectivity index (χ3n) is 1.94. The van der Waals surface area contributed by atoms with Crippen molar-refractivity contribution in [3.05, 3.63) is 11.9 Å². The normalized spacial score (nSPS) is 11.4. The zero-order valence-electron chi connectivity index (χ0n) is 8.24. The van der Waals surface area contributed by atoms with Gasteiger partial charge in [0.1, 0.15) is 5.41 Å². The number of aryl methyl sites for hydroxylation is 1. The highest BCUT2D eigenvalue weighted by molar-refractivity contribution is 5.81. The summed E-state index contributed by atoms with van der Waals surface area (Å²) in [5.41, 5.74) is -0.120. The van der Waals surface area contributed by atoms with Gasteiger partial charge >= 0.3 is 5.97 Å². The van der Waals surface area contributed by atoms with Gasteiger partial charge in [0, 0.05) is 13.2 Å². The molecule has 0 saturated heterocycles. The zero-order valence-corrected chi connectivity index (χ0v) is 8.24. The summed E-state index contributed by atoms with van der Waals surface area (Å²) in [7, 11) is 3.12. The van der Waals surface area contributed by atoms with Crippen molar-refractivity contribution in [2.45, 2.75) is 19.3 Å². The van der Waals surface area contributed by atoms with E-state index >= 15 is 0 Å². The van der Waals surface area contributed by atoms with E-state index in [2.05, 4.69) is 15.0 Å². The molecular formula is C8H13N3O2. The highest BCUT2D eigenvalue weighted by atomic mass is 16.5. The Labute approximate surface area is 76.7 Å². The molecule has 0 amide bonds. The molecule has 72 valence electrons. The van der Waals surface area contributed by atoms with Gasteiger partial charge in [-0.05, 0) is 13.8 Å². The minimum Gasteiger partial charge on any atom is -0.468 e. The first-order valence-corrected chi connectivity index (χ1v) is 3.93. The summed E-state index contributed by atoms with van der Waals surface area (Å²) in [5, 5.41) is 7.63. The van der Waals surface area contributed by atoms with Crippen molar-refractivity contribution < 1.29 is 9.53 Å². The van der Waals surface area contributed by atoms with Crippen LogP contribution in [0.2, 0.25) is 0 Å². The Kier molecular flexibility index (Phi) is 2.36. The van der Waals surface area contributed by atoms with Crippen molar-refractivity contribution in [3.8, 4) is 0 Å². The number of carbonyl (C=O) groups is 1. The maximum atomic E-state index is 11.3. The molecule has 0 aromatic carbocycles. The van der Waals surface area contributed by atoms with Crippen LogP contribution in [0.15, 0.2) is 6.20 Å². The fourth-order valence-electron chi connectivity index (χ4n) is 0.993. The number of hydrogen-bond acceptors (Lipinski definition) is 4. The van der Waals surface area contributed by atoms with Gasteiger partial charge in [-0.1, -0.05) is 5.21 Å². The van der Waals surface area contributed by atoms with Crippen LogP contribution in [0.25, 0.3) is 0 Å². The molecule has 0 N–H and O–H groups in total. The van der Waals surface area contributed by atoms with E-state index in [4.69, 9.17) is 0 Å². The molecule has 0 fully saturated rings. The Morgan fingerprint density at radius 2 is 2.23 bits per heavy atom. The quantitative estimate of drug-likeness (QED) is 0.617. The molecule has 13 heavy (non-hydrogen) atoms. The first-order valence-electron chi connectivity index (χ1n) is 3.93. The number of aromatic nitrogens is 3. The van der Waals surface area contributed by atoms with E-state index in [-0.39, 0.29) is 5.97 Å². The van der Waals surface area contributed by atoms with Crippen LogP contribution in [-0.2, 0) is 22.0 Å². The van der Waals surface area contributed by atoms with Gasteiger partial charge < -0.3 is 4.74 Å². The number of ether oxygens (including phenoxy) is 1. The molecule has 0 atom stereocenters. The van der Waals surface area contributed by atoms with Gasteiger partial charge in [0.05, 0.1) is 12.8 Å². The lowest BCUT2D eigenvalue weighted by molar-refractivity contribution is -0.146. The maximum Gasteiger partial charge on any atom is 0.317 e. The first kappa shape index (κ1) is 9.70. The Bertz CT molecular complexity index is 317. The highest BCUT2D eigenvalue weighted by Crippen LogP contribution is 2.21. The lowest BCUT2D eigenvalue weighted by Gasteiger charge is -2.17. The highest BCUT2D eigenvalue weighted by Gasteiger charge is 2.33. The molecule has 1 aromatic heterocycles. The van der Waals surface area contributed by atoms with Crippen molar-refractivity contribution >= 4 is 5.97 Å². The smallest absolute Gasteiger partial charge is 0.317 e. The molecule has 0 bridgehead atoms. The van der Waals surface area contributed by atoms with Gasteiger partial charge in [-0.25, -0.2) is 0 Å². The molecule has 0 radical (unpaired) electrons. The average Bonchev–Trinajstić information content (AvgIpc) is 2.50. The Morgan fingerprint density at radius 1 is 1.62 bits per heavy atom. The van der Waals surface area contributed by atoms with Crippen molar-refractivity contribution in [1.82, 2.24) is 15.0 Å². The summed E-state index contributed by atoms with van der Waals surface area (Å²) in [6, 6.07) is 0. The van der Waals surface area contributed by atoms with Crippen LogP contribution >= 0.6 is 0 Å². The second-order valence-corrected chi connectivity index (χ2v) is 3.39. The molecule has 1 rings (SSSR count). The molecule has 0 aliphatic heterocycles. The van der Waals surface area contributed by atoms with E-state index in [1.165, 1.54) is 7.11 Å². The van der Waals surface area contributed by atoms with Gasteiger partial charge in [-0.2, -0.15) is 0 Å². The Hall–Kier alpha value is -1.39. The number of carbonyl (C=O) groups excluding carboxylic acids is 1.